The zero-order valence-electron chi connectivity index (χ0n) is 13.9. The summed E-state index contributed by atoms with van der Waals surface area (Å²) < 4.78 is 4.95. The van der Waals surface area contributed by atoms with E-state index in [1.807, 2.05) is 13.0 Å². The summed E-state index contributed by atoms with van der Waals surface area (Å²) in [5, 5.41) is 8.99. The van der Waals surface area contributed by atoms with Gasteiger partial charge in [0.15, 0.2) is 0 Å². The van der Waals surface area contributed by atoms with Gasteiger partial charge < -0.3 is 20.7 Å². The van der Waals surface area contributed by atoms with E-state index in [1.165, 1.54) is 0 Å². The van der Waals surface area contributed by atoms with E-state index < -0.39 is 0 Å². The first-order valence-corrected chi connectivity index (χ1v) is 8.05. The van der Waals surface area contributed by atoms with Gasteiger partial charge in [0.2, 0.25) is 5.91 Å². The van der Waals surface area contributed by atoms with Gasteiger partial charge in [-0.15, -0.1) is 0 Å². The molecule has 0 radical (unpaired) electrons. The highest BCUT2D eigenvalue weighted by Gasteiger charge is 2.29. The third-order valence-corrected chi connectivity index (χ3v) is 4.16. The van der Waals surface area contributed by atoms with Crippen LogP contribution in [-0.2, 0) is 9.53 Å². The van der Waals surface area contributed by atoms with Crippen molar-refractivity contribution < 1.29 is 14.3 Å². The number of carbonyl (C=O) groups is 2. The number of fused-ring (bicyclic) bond motifs is 1. The lowest BCUT2D eigenvalue weighted by molar-refractivity contribution is -0.118. The fourth-order valence-corrected chi connectivity index (χ4v) is 2.52. The molecule has 2 amide bonds. The molecule has 0 bridgehead atoms. The Kier molecular flexibility index (Phi) is 5.98. The maximum atomic E-state index is 12.2. The lowest BCUT2D eigenvalue weighted by atomic mass is 9.95. The SMILES string of the molecule is CC[C@@H](C)[C@H]1Nc2ccc(C(=O)NCCCOC)cc2NC1=O. The molecule has 3 N–H and O–H groups in total. The van der Waals surface area contributed by atoms with E-state index >= 15 is 0 Å². The molecule has 1 heterocycles. The van der Waals surface area contributed by atoms with Crippen molar-refractivity contribution in [3.8, 4) is 0 Å². The summed E-state index contributed by atoms with van der Waals surface area (Å²) >= 11 is 0. The van der Waals surface area contributed by atoms with Crippen molar-refractivity contribution >= 4 is 23.2 Å². The Morgan fingerprint density at radius 1 is 1.39 bits per heavy atom. The first-order chi connectivity index (χ1) is 11.1. The minimum absolute atomic E-state index is 0.0514. The van der Waals surface area contributed by atoms with Crippen molar-refractivity contribution in [2.45, 2.75) is 32.7 Å². The smallest absolute Gasteiger partial charge is 0.251 e. The number of anilines is 2. The molecule has 23 heavy (non-hydrogen) atoms. The molecule has 0 spiro atoms. The van der Waals surface area contributed by atoms with E-state index in [2.05, 4.69) is 22.9 Å². The van der Waals surface area contributed by atoms with Crippen LogP contribution in [0.1, 0.15) is 37.0 Å². The van der Waals surface area contributed by atoms with Gasteiger partial charge in [-0.25, -0.2) is 0 Å². The van der Waals surface area contributed by atoms with Crippen LogP contribution in [0.25, 0.3) is 0 Å². The van der Waals surface area contributed by atoms with Gasteiger partial charge in [-0.2, -0.15) is 0 Å². The lowest BCUT2D eigenvalue weighted by Crippen LogP contribution is -2.43. The normalized spacial score (nSPS) is 17.7. The second-order valence-electron chi connectivity index (χ2n) is 5.86. The minimum Gasteiger partial charge on any atom is -0.385 e. The number of amides is 2. The summed E-state index contributed by atoms with van der Waals surface area (Å²) in [6.45, 7) is 5.28. The van der Waals surface area contributed by atoms with Gasteiger partial charge in [0, 0.05) is 25.8 Å². The molecule has 1 aliphatic rings. The first kappa shape index (κ1) is 17.3. The van der Waals surface area contributed by atoms with Crippen molar-refractivity contribution in [3.05, 3.63) is 23.8 Å². The molecule has 0 saturated carbocycles. The standard InChI is InChI=1S/C17H25N3O3/c1-4-11(2)15-17(22)20-14-10-12(6-7-13(14)19-15)16(21)18-8-5-9-23-3/h6-7,10-11,15,19H,4-5,8-9H2,1-3H3,(H,18,21)(H,20,22)/t11-,15-/m1/s1. The van der Waals surface area contributed by atoms with Crippen molar-refractivity contribution in [3.63, 3.8) is 0 Å². The highest BCUT2D eigenvalue weighted by molar-refractivity contribution is 6.05. The van der Waals surface area contributed by atoms with Crippen LogP contribution in [0.15, 0.2) is 18.2 Å². The summed E-state index contributed by atoms with van der Waals surface area (Å²) in [5.41, 5.74) is 2.04. The topological polar surface area (TPSA) is 79.5 Å². The monoisotopic (exact) mass is 319 g/mol. The van der Waals surface area contributed by atoms with Gasteiger partial charge in [0.25, 0.3) is 5.91 Å². The Hall–Kier alpha value is -2.08. The van der Waals surface area contributed by atoms with Crippen molar-refractivity contribution in [1.29, 1.82) is 0 Å². The van der Waals surface area contributed by atoms with Crippen LogP contribution in [0.4, 0.5) is 11.4 Å². The minimum atomic E-state index is -0.235. The third-order valence-electron chi connectivity index (χ3n) is 4.16. The van der Waals surface area contributed by atoms with E-state index in [-0.39, 0.29) is 23.8 Å². The molecule has 2 rings (SSSR count). The zero-order valence-corrected chi connectivity index (χ0v) is 13.9. The zero-order chi connectivity index (χ0) is 16.8. The van der Waals surface area contributed by atoms with Crippen LogP contribution >= 0.6 is 0 Å². The number of hydrogen-bond donors (Lipinski definition) is 3. The van der Waals surface area contributed by atoms with Gasteiger partial charge in [0.05, 0.1) is 11.4 Å². The summed E-state index contributed by atoms with van der Waals surface area (Å²) in [5.74, 6) is 0.0404. The Balaban J connectivity index is 2.04. The third kappa shape index (κ3) is 4.22. The van der Waals surface area contributed by atoms with Crippen LogP contribution in [-0.4, -0.2) is 38.1 Å². The number of nitrogens with one attached hydrogen (secondary N) is 3. The Morgan fingerprint density at radius 3 is 2.87 bits per heavy atom. The summed E-state index contributed by atoms with van der Waals surface area (Å²) in [7, 11) is 1.63. The highest BCUT2D eigenvalue weighted by atomic mass is 16.5. The molecule has 0 fully saturated rings. The average Bonchev–Trinajstić information content (AvgIpc) is 2.56. The molecule has 0 aliphatic carbocycles. The number of rotatable bonds is 7. The van der Waals surface area contributed by atoms with Crippen LogP contribution in [0.3, 0.4) is 0 Å². The quantitative estimate of drug-likeness (QED) is 0.673. The van der Waals surface area contributed by atoms with Gasteiger partial charge in [0.1, 0.15) is 6.04 Å². The molecular weight excluding hydrogens is 294 g/mol. The van der Waals surface area contributed by atoms with Gasteiger partial charge in [-0.1, -0.05) is 20.3 Å². The molecule has 1 aliphatic heterocycles. The molecule has 0 saturated heterocycles. The molecule has 6 nitrogen and oxygen atoms in total. The van der Waals surface area contributed by atoms with E-state index in [9.17, 15) is 9.59 Å². The van der Waals surface area contributed by atoms with Crippen LogP contribution in [0, 0.1) is 5.92 Å². The van der Waals surface area contributed by atoms with Gasteiger partial charge in [-0.3, -0.25) is 9.59 Å². The van der Waals surface area contributed by atoms with E-state index in [0.717, 1.165) is 18.5 Å². The average molecular weight is 319 g/mol. The second kappa shape index (κ2) is 7.97. The summed E-state index contributed by atoms with van der Waals surface area (Å²) in [6, 6.07) is 5.08. The molecular formula is C17H25N3O3. The predicted octanol–water partition coefficient (Wildman–Crippen LogP) is 2.23. The summed E-state index contributed by atoms with van der Waals surface area (Å²) in [6.07, 6.45) is 1.68. The maximum absolute atomic E-state index is 12.2. The van der Waals surface area contributed by atoms with Crippen LogP contribution in [0.5, 0.6) is 0 Å². The van der Waals surface area contributed by atoms with Crippen molar-refractivity contribution in [2.24, 2.45) is 5.92 Å². The number of benzene rings is 1. The van der Waals surface area contributed by atoms with Crippen molar-refractivity contribution in [1.82, 2.24) is 5.32 Å². The fourth-order valence-electron chi connectivity index (χ4n) is 2.52. The Morgan fingerprint density at radius 2 is 2.17 bits per heavy atom. The van der Waals surface area contributed by atoms with Crippen LogP contribution in [0.2, 0.25) is 0 Å². The first-order valence-electron chi connectivity index (χ1n) is 8.05. The lowest BCUT2D eigenvalue weighted by Gasteiger charge is -2.30. The molecule has 126 valence electrons. The maximum Gasteiger partial charge on any atom is 0.251 e. The van der Waals surface area contributed by atoms with Gasteiger partial charge in [-0.05, 0) is 30.5 Å². The van der Waals surface area contributed by atoms with Crippen LogP contribution < -0.4 is 16.0 Å². The largest absolute Gasteiger partial charge is 0.385 e. The Labute approximate surface area is 137 Å². The predicted molar refractivity (Wildman–Crippen MR) is 90.8 cm³/mol. The summed E-state index contributed by atoms with van der Waals surface area (Å²) in [4.78, 5) is 24.3. The number of ether oxygens (including phenoxy) is 1. The molecule has 0 aromatic heterocycles. The number of carbonyl (C=O) groups excluding carboxylic acids is 2. The number of hydrogen-bond acceptors (Lipinski definition) is 4. The Bertz CT molecular complexity index is 574. The molecule has 2 atom stereocenters. The highest BCUT2D eigenvalue weighted by Crippen LogP contribution is 2.30. The van der Waals surface area contributed by atoms with E-state index in [1.54, 1.807) is 19.2 Å². The second-order valence-corrected chi connectivity index (χ2v) is 5.86. The van der Waals surface area contributed by atoms with E-state index in [0.29, 0.717) is 24.4 Å². The molecule has 1 aromatic rings. The number of methoxy groups -OCH3 is 1. The van der Waals surface area contributed by atoms with Gasteiger partial charge >= 0.3 is 0 Å². The molecule has 1 aromatic carbocycles. The fraction of sp³-hybridized carbons (Fsp3) is 0.529. The molecule has 0 unspecified atom stereocenters. The molecule has 6 heteroatoms. The van der Waals surface area contributed by atoms with Crippen molar-refractivity contribution in [2.75, 3.05) is 30.9 Å². The van der Waals surface area contributed by atoms with E-state index in [4.69, 9.17) is 4.74 Å².